The van der Waals surface area contributed by atoms with Crippen molar-refractivity contribution in [2.45, 2.75) is 12.8 Å². The van der Waals surface area contributed by atoms with Crippen molar-refractivity contribution in [3.63, 3.8) is 0 Å². The topological polar surface area (TPSA) is 79.5 Å². The van der Waals surface area contributed by atoms with Crippen LogP contribution in [0.2, 0.25) is 0 Å². The first kappa shape index (κ1) is 11.9. The molecule has 0 bridgehead atoms. The number of hydrogen-bond acceptors (Lipinski definition) is 4. The van der Waals surface area contributed by atoms with Crippen LogP contribution in [0, 0.1) is 5.92 Å². The SMILES string of the molecule is Nc1ccnc(C(=O)N2CCCC(CO)C2)c1. The minimum Gasteiger partial charge on any atom is -0.399 e. The Balaban J connectivity index is 2.09. The lowest BCUT2D eigenvalue weighted by atomic mass is 9.99. The van der Waals surface area contributed by atoms with Gasteiger partial charge in [-0.2, -0.15) is 0 Å². The van der Waals surface area contributed by atoms with Crippen LogP contribution in [0.4, 0.5) is 5.69 Å². The Bertz CT molecular complexity index is 408. The van der Waals surface area contributed by atoms with E-state index in [-0.39, 0.29) is 18.4 Å². The van der Waals surface area contributed by atoms with E-state index in [0.717, 1.165) is 19.4 Å². The molecule has 0 aromatic carbocycles. The van der Waals surface area contributed by atoms with E-state index in [1.165, 1.54) is 6.20 Å². The van der Waals surface area contributed by atoms with Gasteiger partial charge in [0.25, 0.3) is 5.91 Å². The number of rotatable bonds is 2. The van der Waals surface area contributed by atoms with Crippen LogP contribution in [0.25, 0.3) is 0 Å². The van der Waals surface area contributed by atoms with E-state index in [0.29, 0.717) is 17.9 Å². The Hall–Kier alpha value is -1.62. The Morgan fingerprint density at radius 3 is 3.18 bits per heavy atom. The number of carbonyl (C=O) groups excluding carboxylic acids is 1. The van der Waals surface area contributed by atoms with Gasteiger partial charge in [0.15, 0.2) is 0 Å². The highest BCUT2D eigenvalue weighted by Crippen LogP contribution is 2.18. The Morgan fingerprint density at radius 1 is 1.65 bits per heavy atom. The average Bonchev–Trinajstić information content (AvgIpc) is 2.38. The number of hydrogen-bond donors (Lipinski definition) is 2. The number of amides is 1. The monoisotopic (exact) mass is 235 g/mol. The van der Waals surface area contributed by atoms with E-state index >= 15 is 0 Å². The van der Waals surface area contributed by atoms with E-state index in [9.17, 15) is 4.79 Å². The van der Waals surface area contributed by atoms with Gasteiger partial charge in [0, 0.05) is 31.6 Å². The zero-order valence-electron chi connectivity index (χ0n) is 9.67. The molecule has 1 atom stereocenters. The molecule has 0 radical (unpaired) electrons. The molecule has 1 aromatic heterocycles. The maximum atomic E-state index is 12.1. The lowest BCUT2D eigenvalue weighted by Crippen LogP contribution is -2.41. The number of aromatic nitrogens is 1. The third-order valence-electron chi connectivity index (χ3n) is 3.07. The number of aliphatic hydroxyl groups excluding tert-OH is 1. The van der Waals surface area contributed by atoms with Crippen molar-refractivity contribution in [2.75, 3.05) is 25.4 Å². The summed E-state index contributed by atoms with van der Waals surface area (Å²) >= 11 is 0. The Kier molecular flexibility index (Phi) is 3.58. The first-order valence-corrected chi connectivity index (χ1v) is 5.82. The fourth-order valence-corrected chi connectivity index (χ4v) is 2.12. The zero-order chi connectivity index (χ0) is 12.3. The van der Waals surface area contributed by atoms with Crippen LogP contribution in [0.15, 0.2) is 18.3 Å². The molecule has 1 aliphatic rings. The summed E-state index contributed by atoms with van der Waals surface area (Å²) in [6.45, 7) is 1.46. The van der Waals surface area contributed by atoms with E-state index in [1.807, 2.05) is 0 Å². The van der Waals surface area contributed by atoms with Gasteiger partial charge in [-0.25, -0.2) is 0 Å². The van der Waals surface area contributed by atoms with Gasteiger partial charge in [-0.15, -0.1) is 0 Å². The predicted molar refractivity (Wildman–Crippen MR) is 64.4 cm³/mol. The summed E-state index contributed by atoms with van der Waals surface area (Å²) in [7, 11) is 0. The van der Waals surface area contributed by atoms with Gasteiger partial charge >= 0.3 is 0 Å². The van der Waals surface area contributed by atoms with Gasteiger partial charge in [0.2, 0.25) is 0 Å². The van der Waals surface area contributed by atoms with Crippen molar-refractivity contribution in [1.82, 2.24) is 9.88 Å². The molecule has 2 heterocycles. The van der Waals surface area contributed by atoms with Crippen molar-refractivity contribution in [3.05, 3.63) is 24.0 Å². The van der Waals surface area contributed by atoms with Crippen LogP contribution in [0.1, 0.15) is 23.3 Å². The Labute approximate surface area is 100 Å². The molecule has 3 N–H and O–H groups in total. The summed E-state index contributed by atoms with van der Waals surface area (Å²) in [6.07, 6.45) is 3.44. The molecule has 5 nitrogen and oxygen atoms in total. The standard InChI is InChI=1S/C12H17N3O2/c13-10-3-4-14-11(6-10)12(17)15-5-1-2-9(7-15)8-16/h3-4,6,9,16H,1-2,5,7-8H2,(H2,13,14). The summed E-state index contributed by atoms with van der Waals surface area (Å²) in [5.41, 5.74) is 6.55. The van der Waals surface area contributed by atoms with Gasteiger partial charge in [-0.3, -0.25) is 9.78 Å². The second kappa shape index (κ2) is 5.14. The van der Waals surface area contributed by atoms with Gasteiger partial charge in [-0.05, 0) is 30.9 Å². The zero-order valence-corrected chi connectivity index (χ0v) is 9.67. The molecule has 1 fully saturated rings. The quantitative estimate of drug-likeness (QED) is 0.782. The highest BCUT2D eigenvalue weighted by molar-refractivity contribution is 5.93. The molecule has 0 saturated carbocycles. The van der Waals surface area contributed by atoms with Crippen LogP contribution in [0.5, 0.6) is 0 Å². The molecule has 0 spiro atoms. The molecule has 92 valence electrons. The molecule has 1 aliphatic heterocycles. The molecule has 0 aliphatic carbocycles. The molecule has 17 heavy (non-hydrogen) atoms. The minimum absolute atomic E-state index is 0.101. The largest absolute Gasteiger partial charge is 0.399 e. The first-order chi connectivity index (χ1) is 8.20. The molecular formula is C12H17N3O2. The number of carbonyl (C=O) groups is 1. The number of pyridine rings is 1. The second-order valence-corrected chi connectivity index (χ2v) is 4.42. The summed E-state index contributed by atoms with van der Waals surface area (Å²) in [5.74, 6) is 0.0872. The lowest BCUT2D eigenvalue weighted by molar-refractivity contribution is 0.0615. The number of piperidine rings is 1. The number of anilines is 1. The highest BCUT2D eigenvalue weighted by Gasteiger charge is 2.24. The van der Waals surface area contributed by atoms with Crippen LogP contribution >= 0.6 is 0 Å². The minimum atomic E-state index is -0.101. The van der Waals surface area contributed by atoms with Gasteiger partial charge in [0.1, 0.15) is 5.69 Å². The summed E-state index contributed by atoms with van der Waals surface area (Å²) in [4.78, 5) is 17.9. The molecule has 5 heteroatoms. The molecule has 1 saturated heterocycles. The number of nitrogens with two attached hydrogens (primary N) is 1. The fraction of sp³-hybridized carbons (Fsp3) is 0.500. The van der Waals surface area contributed by atoms with E-state index in [4.69, 9.17) is 10.8 Å². The number of nitrogens with zero attached hydrogens (tertiary/aromatic N) is 2. The van der Waals surface area contributed by atoms with Crippen LogP contribution in [-0.4, -0.2) is 40.6 Å². The van der Waals surface area contributed by atoms with Crippen molar-refractivity contribution < 1.29 is 9.90 Å². The maximum absolute atomic E-state index is 12.1. The van der Waals surface area contributed by atoms with E-state index in [2.05, 4.69) is 4.98 Å². The smallest absolute Gasteiger partial charge is 0.272 e. The third kappa shape index (κ3) is 2.74. The Morgan fingerprint density at radius 2 is 2.47 bits per heavy atom. The van der Waals surface area contributed by atoms with E-state index in [1.54, 1.807) is 17.0 Å². The summed E-state index contributed by atoms with van der Waals surface area (Å²) in [5, 5.41) is 9.13. The second-order valence-electron chi connectivity index (χ2n) is 4.42. The molecule has 1 amide bonds. The number of nitrogen functional groups attached to an aromatic ring is 1. The number of likely N-dealkylation sites (tertiary alicyclic amines) is 1. The van der Waals surface area contributed by atoms with Gasteiger partial charge in [-0.1, -0.05) is 0 Å². The van der Waals surface area contributed by atoms with Crippen LogP contribution in [0.3, 0.4) is 0 Å². The maximum Gasteiger partial charge on any atom is 0.272 e. The van der Waals surface area contributed by atoms with Crippen molar-refractivity contribution in [2.24, 2.45) is 5.92 Å². The van der Waals surface area contributed by atoms with Crippen LogP contribution < -0.4 is 5.73 Å². The molecule has 2 rings (SSSR count). The van der Waals surface area contributed by atoms with E-state index < -0.39 is 0 Å². The van der Waals surface area contributed by atoms with Gasteiger partial charge in [0.05, 0.1) is 0 Å². The first-order valence-electron chi connectivity index (χ1n) is 5.82. The lowest BCUT2D eigenvalue weighted by Gasteiger charge is -2.31. The van der Waals surface area contributed by atoms with Crippen molar-refractivity contribution in [1.29, 1.82) is 0 Å². The van der Waals surface area contributed by atoms with Crippen molar-refractivity contribution in [3.8, 4) is 0 Å². The predicted octanol–water partition coefficient (Wildman–Crippen LogP) is 0.508. The molecule has 1 aromatic rings. The average molecular weight is 235 g/mol. The van der Waals surface area contributed by atoms with Crippen LogP contribution in [-0.2, 0) is 0 Å². The highest BCUT2D eigenvalue weighted by atomic mass is 16.3. The normalized spacial score (nSPS) is 20.3. The summed E-state index contributed by atoms with van der Waals surface area (Å²) in [6, 6.07) is 3.24. The van der Waals surface area contributed by atoms with Crippen molar-refractivity contribution >= 4 is 11.6 Å². The molecular weight excluding hydrogens is 218 g/mol. The third-order valence-corrected chi connectivity index (χ3v) is 3.07. The fourth-order valence-electron chi connectivity index (χ4n) is 2.12. The van der Waals surface area contributed by atoms with Gasteiger partial charge < -0.3 is 15.7 Å². The molecule has 1 unspecified atom stereocenters. The number of aliphatic hydroxyl groups is 1. The summed E-state index contributed by atoms with van der Waals surface area (Å²) < 4.78 is 0.